The lowest BCUT2D eigenvalue weighted by atomic mass is 9.47. The number of rotatable bonds is 5. The van der Waals surface area contributed by atoms with E-state index in [0.717, 1.165) is 25.0 Å². The highest BCUT2D eigenvalue weighted by molar-refractivity contribution is 7.99. The average molecular weight is 375 g/mol. The molecule has 1 aromatic rings. The monoisotopic (exact) mass is 374 g/mol. The first-order valence-corrected chi connectivity index (χ1v) is 11.0. The Kier molecular flexibility index (Phi) is 4.85. The summed E-state index contributed by atoms with van der Waals surface area (Å²) >= 11 is 1.94. The molecule has 1 saturated heterocycles. The molecule has 142 valence electrons. The first kappa shape index (κ1) is 18.4. The molecule has 4 heteroatoms. The summed E-state index contributed by atoms with van der Waals surface area (Å²) in [6.07, 6.45) is 4.96. The summed E-state index contributed by atoms with van der Waals surface area (Å²) in [5.41, 5.74) is -0.238. The zero-order valence-corrected chi connectivity index (χ0v) is 16.6. The summed E-state index contributed by atoms with van der Waals surface area (Å²) in [5, 5.41) is 9.73. The maximum atomic E-state index is 12.9. The van der Waals surface area contributed by atoms with Crippen LogP contribution >= 0.6 is 11.8 Å². The summed E-state index contributed by atoms with van der Waals surface area (Å²) in [4.78, 5) is 14.2. The van der Waals surface area contributed by atoms with Crippen LogP contribution in [0.1, 0.15) is 46.0 Å². The molecule has 0 bridgehead atoms. The van der Waals surface area contributed by atoms with E-state index in [2.05, 4.69) is 44.2 Å². The highest BCUT2D eigenvalue weighted by atomic mass is 32.2. The molecule has 1 aromatic carbocycles. The highest BCUT2D eigenvalue weighted by Gasteiger charge is 2.67. The molecule has 3 fully saturated rings. The van der Waals surface area contributed by atoms with Crippen molar-refractivity contribution >= 4 is 17.7 Å². The average Bonchev–Trinajstić information content (AvgIpc) is 2.94. The van der Waals surface area contributed by atoms with Crippen molar-refractivity contribution in [3.05, 3.63) is 30.3 Å². The first-order chi connectivity index (χ1) is 12.5. The number of hydrogen-bond acceptors (Lipinski definition) is 4. The molecule has 0 unspecified atom stereocenters. The van der Waals surface area contributed by atoms with Crippen LogP contribution in [0.3, 0.4) is 0 Å². The number of aliphatic hydroxyl groups is 1. The van der Waals surface area contributed by atoms with Crippen LogP contribution < -0.4 is 0 Å². The Hall–Kier alpha value is -1.00. The molecule has 0 radical (unpaired) electrons. The van der Waals surface area contributed by atoms with Gasteiger partial charge in [0.15, 0.2) is 0 Å². The third kappa shape index (κ3) is 2.72. The third-order valence-corrected chi connectivity index (χ3v) is 9.00. The zero-order chi connectivity index (χ0) is 18.4. The van der Waals surface area contributed by atoms with Crippen LogP contribution in [0.4, 0.5) is 0 Å². The molecule has 1 N–H and O–H groups in total. The Morgan fingerprint density at radius 3 is 2.73 bits per heavy atom. The molecule has 0 spiro atoms. The van der Waals surface area contributed by atoms with E-state index in [9.17, 15) is 9.90 Å². The molecular formula is C22H30O3S. The smallest absolute Gasteiger partial charge is 0.313 e. The zero-order valence-electron chi connectivity index (χ0n) is 15.8. The van der Waals surface area contributed by atoms with E-state index in [1.165, 1.54) is 11.3 Å². The normalized spacial score (nSPS) is 41.6. The SMILES string of the molecule is C[C@H]1CC[C@@H]2[C@H]3[C@@H](CC[C@@]2(C)CSc2ccccc2)OC(=O)[C@]31CCO. The van der Waals surface area contributed by atoms with Gasteiger partial charge in [0.05, 0.1) is 5.41 Å². The van der Waals surface area contributed by atoms with Gasteiger partial charge < -0.3 is 9.84 Å². The van der Waals surface area contributed by atoms with Crippen molar-refractivity contribution in [2.45, 2.75) is 57.0 Å². The lowest BCUT2D eigenvalue weighted by molar-refractivity contribution is -0.153. The molecule has 2 saturated carbocycles. The van der Waals surface area contributed by atoms with E-state index in [4.69, 9.17) is 4.74 Å². The number of aliphatic hydroxyl groups excluding tert-OH is 1. The number of thioether (sulfide) groups is 1. The van der Waals surface area contributed by atoms with Crippen LogP contribution in [0, 0.1) is 28.6 Å². The van der Waals surface area contributed by atoms with E-state index >= 15 is 0 Å². The Balaban J connectivity index is 1.61. The molecule has 0 amide bonds. The topological polar surface area (TPSA) is 46.5 Å². The molecule has 1 aliphatic heterocycles. The van der Waals surface area contributed by atoms with Gasteiger partial charge in [0.2, 0.25) is 0 Å². The summed E-state index contributed by atoms with van der Waals surface area (Å²) < 4.78 is 5.90. The second-order valence-corrected chi connectivity index (χ2v) is 9.91. The van der Waals surface area contributed by atoms with Gasteiger partial charge in [-0.3, -0.25) is 4.79 Å². The summed E-state index contributed by atoms with van der Waals surface area (Å²) in [6, 6.07) is 10.6. The number of ether oxygens (including phenoxy) is 1. The number of hydrogen-bond donors (Lipinski definition) is 1. The van der Waals surface area contributed by atoms with Crippen molar-refractivity contribution in [1.29, 1.82) is 0 Å². The van der Waals surface area contributed by atoms with Crippen LogP contribution in [0.15, 0.2) is 35.2 Å². The fourth-order valence-electron chi connectivity index (χ4n) is 6.12. The summed E-state index contributed by atoms with van der Waals surface area (Å²) in [6.45, 7) is 4.69. The Labute approximate surface area is 160 Å². The van der Waals surface area contributed by atoms with E-state index in [-0.39, 0.29) is 30.0 Å². The maximum Gasteiger partial charge on any atom is 0.313 e. The van der Waals surface area contributed by atoms with Crippen LogP contribution in [0.25, 0.3) is 0 Å². The van der Waals surface area contributed by atoms with Crippen molar-refractivity contribution in [3.63, 3.8) is 0 Å². The quantitative estimate of drug-likeness (QED) is 0.607. The van der Waals surface area contributed by atoms with Crippen molar-refractivity contribution in [2.24, 2.45) is 28.6 Å². The van der Waals surface area contributed by atoms with Crippen LogP contribution in [-0.2, 0) is 9.53 Å². The highest BCUT2D eigenvalue weighted by Crippen LogP contribution is 2.64. The van der Waals surface area contributed by atoms with E-state index in [0.29, 0.717) is 18.3 Å². The fraction of sp³-hybridized carbons (Fsp3) is 0.682. The lowest BCUT2D eigenvalue weighted by Gasteiger charge is -2.55. The van der Waals surface area contributed by atoms with Gasteiger partial charge in [0.25, 0.3) is 0 Å². The number of carbonyl (C=O) groups is 1. The second-order valence-electron chi connectivity index (χ2n) is 8.86. The van der Waals surface area contributed by atoms with E-state index < -0.39 is 5.41 Å². The maximum absolute atomic E-state index is 12.9. The predicted molar refractivity (Wildman–Crippen MR) is 104 cm³/mol. The number of carbonyl (C=O) groups excluding carboxylic acids is 1. The van der Waals surface area contributed by atoms with Crippen LogP contribution in [-0.4, -0.2) is 29.5 Å². The molecule has 0 aromatic heterocycles. The Morgan fingerprint density at radius 2 is 2.00 bits per heavy atom. The van der Waals surface area contributed by atoms with Crippen molar-refractivity contribution in [1.82, 2.24) is 0 Å². The van der Waals surface area contributed by atoms with Gasteiger partial charge in [0, 0.05) is 23.2 Å². The minimum absolute atomic E-state index is 0.0290. The largest absolute Gasteiger partial charge is 0.462 e. The first-order valence-electron chi connectivity index (χ1n) is 10.0. The molecule has 4 rings (SSSR count). The van der Waals surface area contributed by atoms with Gasteiger partial charge >= 0.3 is 5.97 Å². The van der Waals surface area contributed by atoms with Crippen molar-refractivity contribution in [2.75, 3.05) is 12.4 Å². The fourth-order valence-corrected chi connectivity index (χ4v) is 7.33. The third-order valence-electron chi connectivity index (χ3n) is 7.59. The van der Waals surface area contributed by atoms with Gasteiger partial charge in [-0.2, -0.15) is 0 Å². The minimum atomic E-state index is -0.457. The van der Waals surface area contributed by atoms with Gasteiger partial charge in [0.1, 0.15) is 6.10 Å². The number of benzene rings is 1. The molecule has 3 aliphatic rings. The molecule has 1 heterocycles. The molecule has 26 heavy (non-hydrogen) atoms. The van der Waals surface area contributed by atoms with Crippen LogP contribution in [0.5, 0.6) is 0 Å². The summed E-state index contributed by atoms with van der Waals surface area (Å²) in [7, 11) is 0. The van der Waals surface area contributed by atoms with Crippen LogP contribution in [0.2, 0.25) is 0 Å². The van der Waals surface area contributed by atoms with Crippen molar-refractivity contribution in [3.8, 4) is 0 Å². The second kappa shape index (κ2) is 6.87. The van der Waals surface area contributed by atoms with Gasteiger partial charge in [-0.25, -0.2) is 0 Å². The van der Waals surface area contributed by atoms with Gasteiger partial charge in [-0.1, -0.05) is 32.0 Å². The molecule has 6 atom stereocenters. The minimum Gasteiger partial charge on any atom is -0.462 e. The predicted octanol–water partition coefficient (Wildman–Crippen LogP) is 4.54. The molecule has 3 nitrogen and oxygen atoms in total. The molecular weight excluding hydrogens is 344 g/mol. The van der Waals surface area contributed by atoms with Gasteiger partial charge in [-0.05, 0) is 61.5 Å². The van der Waals surface area contributed by atoms with E-state index in [1.807, 2.05) is 11.8 Å². The Morgan fingerprint density at radius 1 is 1.23 bits per heavy atom. The Bertz CT molecular complexity index is 663. The standard InChI is InChI=1S/C22H30O3S/c1-15-8-9-17-19-18(25-20(24)22(15,19)12-13-23)10-11-21(17,2)14-26-16-6-4-3-5-7-16/h3-7,15,17-19,23H,8-14H2,1-2H3/t15-,17+,18+,19-,21-,22-/m0/s1. The number of esters is 1. The summed E-state index contributed by atoms with van der Waals surface area (Å²) in [5.74, 6) is 2.15. The lowest BCUT2D eigenvalue weighted by Crippen LogP contribution is -2.55. The van der Waals surface area contributed by atoms with Gasteiger partial charge in [-0.15, -0.1) is 11.8 Å². The van der Waals surface area contributed by atoms with E-state index in [1.54, 1.807) is 0 Å². The van der Waals surface area contributed by atoms with Crippen molar-refractivity contribution < 1.29 is 14.6 Å². The molecule has 2 aliphatic carbocycles.